The number of ketones is 1. The number of carbonyl (C=O) groups excluding carboxylic acids is 1. The Morgan fingerprint density at radius 2 is 2.17 bits per heavy atom. The summed E-state index contributed by atoms with van der Waals surface area (Å²) in [5, 5.41) is 1.24. The molecule has 2 aromatic rings. The summed E-state index contributed by atoms with van der Waals surface area (Å²) >= 11 is 0. The average molecular weight is 241 g/mol. The molecule has 1 aliphatic carbocycles. The van der Waals surface area contributed by atoms with Crippen LogP contribution >= 0.6 is 0 Å². The Bertz CT molecular complexity index is 578. The van der Waals surface area contributed by atoms with Crippen molar-refractivity contribution < 1.29 is 4.79 Å². The van der Waals surface area contributed by atoms with Gasteiger partial charge >= 0.3 is 0 Å². The number of benzene rings is 1. The lowest BCUT2D eigenvalue weighted by molar-refractivity contribution is -0.116. The van der Waals surface area contributed by atoms with E-state index in [1.54, 1.807) is 6.92 Å². The van der Waals surface area contributed by atoms with Crippen LogP contribution in [0, 0.1) is 5.92 Å². The highest BCUT2D eigenvalue weighted by atomic mass is 16.1. The summed E-state index contributed by atoms with van der Waals surface area (Å²) in [5.41, 5.74) is 2.44. The molecule has 1 heterocycles. The molecule has 0 spiro atoms. The molecule has 0 amide bonds. The molecule has 1 aliphatic rings. The van der Waals surface area contributed by atoms with E-state index in [9.17, 15) is 4.79 Å². The zero-order valence-corrected chi connectivity index (χ0v) is 10.9. The number of fused-ring (bicyclic) bond motifs is 1. The Labute approximate surface area is 108 Å². The molecule has 0 atom stereocenters. The van der Waals surface area contributed by atoms with Crippen LogP contribution in [0.4, 0.5) is 0 Å². The second kappa shape index (κ2) is 4.60. The molecule has 0 bridgehead atoms. The van der Waals surface area contributed by atoms with E-state index < -0.39 is 0 Å². The van der Waals surface area contributed by atoms with Crippen LogP contribution < -0.4 is 0 Å². The van der Waals surface area contributed by atoms with E-state index in [0.29, 0.717) is 6.42 Å². The molecule has 2 nitrogen and oxygen atoms in total. The van der Waals surface area contributed by atoms with Crippen molar-refractivity contribution in [2.75, 3.05) is 0 Å². The van der Waals surface area contributed by atoms with Gasteiger partial charge in [-0.25, -0.2) is 0 Å². The first-order chi connectivity index (χ1) is 8.74. The normalized spacial score (nSPS) is 15.8. The first kappa shape index (κ1) is 11.5. The van der Waals surface area contributed by atoms with Crippen LogP contribution in [0.15, 0.2) is 30.5 Å². The van der Waals surface area contributed by atoms with Crippen molar-refractivity contribution in [3.63, 3.8) is 0 Å². The zero-order chi connectivity index (χ0) is 12.5. The van der Waals surface area contributed by atoms with Crippen LogP contribution in [0.1, 0.15) is 31.7 Å². The number of carbonyl (C=O) groups is 1. The van der Waals surface area contributed by atoms with Gasteiger partial charge in [-0.2, -0.15) is 0 Å². The Balaban J connectivity index is 1.94. The van der Waals surface area contributed by atoms with Crippen LogP contribution in [0.5, 0.6) is 0 Å². The Morgan fingerprint density at radius 3 is 2.83 bits per heavy atom. The van der Waals surface area contributed by atoms with Crippen LogP contribution in [0.25, 0.3) is 10.9 Å². The van der Waals surface area contributed by atoms with E-state index in [-0.39, 0.29) is 5.78 Å². The van der Waals surface area contributed by atoms with Gasteiger partial charge in [0.1, 0.15) is 5.78 Å². The molecular weight excluding hydrogens is 222 g/mol. The minimum absolute atomic E-state index is 0.231. The van der Waals surface area contributed by atoms with Crippen molar-refractivity contribution in [1.29, 1.82) is 0 Å². The lowest BCUT2D eigenvalue weighted by atomic mass is 9.85. The Kier molecular flexibility index (Phi) is 2.94. The summed E-state index contributed by atoms with van der Waals surface area (Å²) in [5.74, 6) is 1.09. The van der Waals surface area contributed by atoms with E-state index >= 15 is 0 Å². The van der Waals surface area contributed by atoms with Crippen molar-refractivity contribution in [3.8, 4) is 0 Å². The second-order valence-electron chi connectivity index (χ2n) is 5.49. The minimum Gasteiger partial charge on any atom is -0.347 e. The third-order valence-corrected chi connectivity index (χ3v) is 4.02. The van der Waals surface area contributed by atoms with Gasteiger partial charge < -0.3 is 4.57 Å². The van der Waals surface area contributed by atoms with E-state index in [1.807, 2.05) is 0 Å². The topological polar surface area (TPSA) is 22.0 Å². The van der Waals surface area contributed by atoms with E-state index in [4.69, 9.17) is 0 Å². The number of Topliss-reactive ketones (excluding diaryl/α,β-unsaturated/α-hetero) is 1. The van der Waals surface area contributed by atoms with Gasteiger partial charge in [0.2, 0.25) is 0 Å². The molecule has 1 fully saturated rings. The van der Waals surface area contributed by atoms with Gasteiger partial charge in [-0.3, -0.25) is 4.79 Å². The van der Waals surface area contributed by atoms with Crippen molar-refractivity contribution >= 4 is 16.7 Å². The first-order valence-corrected chi connectivity index (χ1v) is 6.80. The number of hydrogen-bond acceptors (Lipinski definition) is 1. The van der Waals surface area contributed by atoms with Crippen LogP contribution in [0.3, 0.4) is 0 Å². The summed E-state index contributed by atoms with van der Waals surface area (Å²) in [4.78, 5) is 11.3. The highest BCUT2D eigenvalue weighted by Gasteiger charge is 2.18. The van der Waals surface area contributed by atoms with Gasteiger partial charge in [0.05, 0.1) is 0 Å². The molecule has 1 saturated carbocycles. The highest BCUT2D eigenvalue weighted by molar-refractivity contribution is 5.89. The molecular formula is C16H19NO. The number of rotatable bonds is 4. The lowest BCUT2D eigenvalue weighted by Gasteiger charge is -2.26. The number of aromatic nitrogens is 1. The van der Waals surface area contributed by atoms with Gasteiger partial charge in [0, 0.05) is 30.1 Å². The van der Waals surface area contributed by atoms with Gasteiger partial charge in [-0.05, 0) is 43.4 Å². The summed E-state index contributed by atoms with van der Waals surface area (Å²) in [6.07, 6.45) is 6.84. The fraction of sp³-hybridized carbons (Fsp3) is 0.438. The molecule has 0 N–H and O–H groups in total. The van der Waals surface area contributed by atoms with Crippen molar-refractivity contribution in [2.24, 2.45) is 5.92 Å². The van der Waals surface area contributed by atoms with Gasteiger partial charge in [0.25, 0.3) is 0 Å². The van der Waals surface area contributed by atoms with Crippen molar-refractivity contribution in [2.45, 2.75) is 39.2 Å². The maximum absolute atomic E-state index is 11.3. The van der Waals surface area contributed by atoms with Crippen LogP contribution in [-0.4, -0.2) is 10.4 Å². The van der Waals surface area contributed by atoms with Crippen molar-refractivity contribution in [1.82, 2.24) is 4.57 Å². The molecule has 1 aromatic heterocycles. The summed E-state index contributed by atoms with van der Waals surface area (Å²) in [7, 11) is 0. The predicted octanol–water partition coefficient (Wildman–Crippen LogP) is 3.57. The van der Waals surface area contributed by atoms with Gasteiger partial charge in [-0.15, -0.1) is 0 Å². The lowest BCUT2D eigenvalue weighted by Crippen LogP contribution is -2.17. The van der Waals surface area contributed by atoms with E-state index in [1.165, 1.54) is 30.2 Å². The fourth-order valence-electron chi connectivity index (χ4n) is 2.82. The number of hydrogen-bond donors (Lipinski definition) is 0. The average Bonchev–Trinajstić information content (AvgIpc) is 2.67. The summed E-state index contributed by atoms with van der Waals surface area (Å²) < 4.78 is 2.35. The standard InChI is InChI=1S/C16H19NO/c1-12(18)10-14-6-3-7-16-15(14)8-9-17(16)11-13-4-2-5-13/h3,6-9,13H,2,4-5,10-11H2,1H3. The maximum Gasteiger partial charge on any atom is 0.134 e. The smallest absolute Gasteiger partial charge is 0.134 e. The van der Waals surface area contributed by atoms with Crippen LogP contribution in [-0.2, 0) is 17.8 Å². The SMILES string of the molecule is CC(=O)Cc1cccc2c1ccn2CC1CCC1. The van der Waals surface area contributed by atoms with Crippen LogP contribution in [0.2, 0.25) is 0 Å². The number of nitrogens with zero attached hydrogens (tertiary/aromatic N) is 1. The maximum atomic E-state index is 11.3. The molecule has 0 unspecified atom stereocenters. The molecule has 2 heteroatoms. The Hall–Kier alpha value is -1.57. The quantitative estimate of drug-likeness (QED) is 0.802. The third-order valence-electron chi connectivity index (χ3n) is 4.02. The summed E-state index contributed by atoms with van der Waals surface area (Å²) in [6, 6.07) is 8.46. The predicted molar refractivity (Wildman–Crippen MR) is 73.7 cm³/mol. The third kappa shape index (κ3) is 2.07. The molecule has 18 heavy (non-hydrogen) atoms. The fourth-order valence-corrected chi connectivity index (χ4v) is 2.82. The first-order valence-electron chi connectivity index (χ1n) is 6.80. The monoisotopic (exact) mass is 241 g/mol. The zero-order valence-electron chi connectivity index (χ0n) is 10.9. The summed E-state index contributed by atoms with van der Waals surface area (Å²) in [6.45, 7) is 2.79. The van der Waals surface area contributed by atoms with Crippen molar-refractivity contribution in [3.05, 3.63) is 36.0 Å². The largest absolute Gasteiger partial charge is 0.347 e. The van der Waals surface area contributed by atoms with Gasteiger partial charge in [-0.1, -0.05) is 18.6 Å². The highest BCUT2D eigenvalue weighted by Crippen LogP contribution is 2.30. The molecule has 0 radical (unpaired) electrons. The second-order valence-corrected chi connectivity index (χ2v) is 5.49. The van der Waals surface area contributed by atoms with Gasteiger partial charge in [0.15, 0.2) is 0 Å². The minimum atomic E-state index is 0.231. The molecule has 94 valence electrons. The molecule has 0 aliphatic heterocycles. The molecule has 0 saturated heterocycles. The molecule has 3 rings (SSSR count). The van der Waals surface area contributed by atoms with E-state index in [0.717, 1.165) is 18.0 Å². The molecule has 1 aromatic carbocycles. The van der Waals surface area contributed by atoms with E-state index in [2.05, 4.69) is 35.0 Å². The Morgan fingerprint density at radius 1 is 1.33 bits per heavy atom.